The number of benzene rings is 1. The van der Waals surface area contributed by atoms with Crippen LogP contribution in [0.5, 0.6) is 0 Å². The average Bonchev–Trinajstić information content (AvgIpc) is 3.10. The minimum atomic E-state index is 0.475. The Labute approximate surface area is 166 Å². The van der Waals surface area contributed by atoms with Crippen molar-refractivity contribution < 1.29 is 4.52 Å². The van der Waals surface area contributed by atoms with E-state index in [1.165, 1.54) is 18.2 Å². The van der Waals surface area contributed by atoms with Crippen molar-refractivity contribution >= 4 is 22.7 Å². The number of hydrogen-bond donors (Lipinski definition) is 1. The Morgan fingerprint density at radius 2 is 2.11 bits per heavy atom. The van der Waals surface area contributed by atoms with E-state index in [4.69, 9.17) is 4.52 Å². The van der Waals surface area contributed by atoms with Crippen LogP contribution in [0.2, 0.25) is 0 Å². The zero-order chi connectivity index (χ0) is 19.1. The number of aromatic amines is 1. The van der Waals surface area contributed by atoms with Gasteiger partial charge in [0.15, 0.2) is 16.8 Å². The van der Waals surface area contributed by atoms with Gasteiger partial charge in [-0.05, 0) is 24.8 Å². The maximum Gasteiger partial charge on any atom is 0.226 e. The van der Waals surface area contributed by atoms with Gasteiger partial charge in [-0.2, -0.15) is 4.98 Å². The molecule has 0 saturated heterocycles. The summed E-state index contributed by atoms with van der Waals surface area (Å²) in [7, 11) is 0. The zero-order valence-corrected chi connectivity index (χ0v) is 16.7. The lowest BCUT2D eigenvalue weighted by molar-refractivity contribution is 0.360. The van der Waals surface area contributed by atoms with E-state index in [1.54, 1.807) is 11.8 Å². The van der Waals surface area contributed by atoms with Crippen molar-refractivity contribution in [2.24, 2.45) is 5.92 Å². The fraction of sp³-hybridized carbons (Fsp3) is 0.400. The second kappa shape index (κ2) is 7.09. The molecule has 8 heteroatoms. The summed E-state index contributed by atoms with van der Waals surface area (Å²) >= 11 is 1.62. The number of para-hydroxylation sites is 1. The van der Waals surface area contributed by atoms with Gasteiger partial charge in [0, 0.05) is 35.1 Å². The van der Waals surface area contributed by atoms with Crippen LogP contribution in [-0.4, -0.2) is 29.9 Å². The average molecular weight is 395 g/mol. The molecule has 1 N–H and O–H groups in total. The van der Waals surface area contributed by atoms with Crippen LogP contribution in [0.1, 0.15) is 44.4 Å². The number of rotatable bonds is 7. The highest BCUT2D eigenvalue weighted by Crippen LogP contribution is 2.42. The van der Waals surface area contributed by atoms with E-state index in [0.29, 0.717) is 29.4 Å². The number of aromatic nitrogens is 6. The molecule has 7 nitrogen and oxygen atoms in total. The Morgan fingerprint density at radius 3 is 2.93 bits per heavy atom. The summed E-state index contributed by atoms with van der Waals surface area (Å²) in [5, 5.41) is 15.2. The number of hydrogen-bond acceptors (Lipinski definition) is 6. The van der Waals surface area contributed by atoms with Gasteiger partial charge >= 0.3 is 0 Å². The highest BCUT2D eigenvalue weighted by molar-refractivity contribution is 7.98. The summed E-state index contributed by atoms with van der Waals surface area (Å²) in [6.45, 7) is 4.28. The van der Waals surface area contributed by atoms with Crippen molar-refractivity contribution in [3.05, 3.63) is 42.2 Å². The molecular formula is C20H22N6OS. The van der Waals surface area contributed by atoms with Crippen molar-refractivity contribution in [1.29, 1.82) is 0 Å². The van der Waals surface area contributed by atoms with Crippen LogP contribution < -0.4 is 0 Å². The van der Waals surface area contributed by atoms with Crippen molar-refractivity contribution in [2.45, 2.75) is 50.1 Å². The molecule has 0 atom stereocenters. The molecule has 1 fully saturated rings. The molecule has 4 aromatic rings. The van der Waals surface area contributed by atoms with Gasteiger partial charge in [0.1, 0.15) is 0 Å². The van der Waals surface area contributed by atoms with Crippen molar-refractivity contribution in [2.75, 3.05) is 0 Å². The molecule has 0 bridgehead atoms. The van der Waals surface area contributed by atoms with Gasteiger partial charge in [0.25, 0.3) is 0 Å². The molecule has 0 unspecified atom stereocenters. The van der Waals surface area contributed by atoms with Gasteiger partial charge < -0.3 is 9.51 Å². The molecule has 3 heterocycles. The molecule has 0 aliphatic heterocycles. The van der Waals surface area contributed by atoms with E-state index in [-0.39, 0.29) is 0 Å². The van der Waals surface area contributed by atoms with E-state index in [1.807, 2.05) is 12.3 Å². The van der Waals surface area contributed by atoms with Crippen LogP contribution in [0.25, 0.3) is 22.3 Å². The molecule has 3 aromatic heterocycles. The van der Waals surface area contributed by atoms with E-state index < -0.39 is 0 Å². The van der Waals surface area contributed by atoms with Gasteiger partial charge in [0.05, 0.1) is 5.75 Å². The summed E-state index contributed by atoms with van der Waals surface area (Å²) < 4.78 is 7.62. The summed E-state index contributed by atoms with van der Waals surface area (Å²) in [5.41, 5.74) is 2.21. The van der Waals surface area contributed by atoms with Crippen LogP contribution in [0, 0.1) is 5.92 Å². The van der Waals surface area contributed by atoms with Gasteiger partial charge in [-0.25, -0.2) is 0 Å². The largest absolute Gasteiger partial charge is 0.360 e. The van der Waals surface area contributed by atoms with Crippen molar-refractivity contribution in [3.63, 3.8) is 0 Å². The first-order valence-corrected chi connectivity index (χ1v) is 10.6. The predicted octanol–water partition coefficient (Wildman–Crippen LogP) is 4.64. The lowest BCUT2D eigenvalue weighted by Gasteiger charge is -2.07. The molecule has 1 aliphatic rings. The molecule has 0 amide bonds. The van der Waals surface area contributed by atoms with Gasteiger partial charge in [-0.15, -0.1) is 10.2 Å². The second-order valence-electron chi connectivity index (χ2n) is 7.65. The first kappa shape index (κ1) is 17.5. The molecule has 28 heavy (non-hydrogen) atoms. The fourth-order valence-electron chi connectivity index (χ4n) is 3.39. The van der Waals surface area contributed by atoms with E-state index in [2.05, 4.69) is 61.9 Å². The van der Waals surface area contributed by atoms with Crippen LogP contribution >= 0.6 is 11.8 Å². The van der Waals surface area contributed by atoms with Crippen molar-refractivity contribution in [3.8, 4) is 11.4 Å². The zero-order valence-electron chi connectivity index (χ0n) is 15.9. The molecule has 0 radical (unpaired) electrons. The SMILES string of the molecule is CC(C)Cc1nc(CSc2nnc(-c3c[nH]c4ccccc34)n2C2CC2)no1. The quantitative estimate of drug-likeness (QED) is 0.460. The fourth-order valence-corrected chi connectivity index (χ4v) is 4.24. The van der Waals surface area contributed by atoms with E-state index in [9.17, 15) is 0 Å². The van der Waals surface area contributed by atoms with Crippen LogP contribution in [-0.2, 0) is 12.2 Å². The Hall–Kier alpha value is -2.61. The monoisotopic (exact) mass is 394 g/mol. The Morgan fingerprint density at radius 1 is 1.25 bits per heavy atom. The molecule has 1 saturated carbocycles. The minimum Gasteiger partial charge on any atom is -0.360 e. The maximum atomic E-state index is 5.34. The number of thioether (sulfide) groups is 1. The Bertz CT molecular complexity index is 1110. The smallest absolute Gasteiger partial charge is 0.226 e. The minimum absolute atomic E-state index is 0.475. The highest BCUT2D eigenvalue weighted by Gasteiger charge is 2.31. The number of nitrogens with one attached hydrogen (secondary N) is 1. The topological polar surface area (TPSA) is 85.4 Å². The third-order valence-corrected chi connectivity index (χ3v) is 5.77. The second-order valence-corrected chi connectivity index (χ2v) is 8.59. The van der Waals surface area contributed by atoms with Crippen LogP contribution in [0.3, 0.4) is 0 Å². The van der Waals surface area contributed by atoms with Crippen molar-refractivity contribution in [1.82, 2.24) is 29.9 Å². The third-order valence-electron chi connectivity index (χ3n) is 4.83. The molecule has 0 spiro atoms. The number of nitrogens with zero attached hydrogens (tertiary/aromatic N) is 5. The normalized spacial score (nSPS) is 14.4. The van der Waals surface area contributed by atoms with Crippen LogP contribution in [0.4, 0.5) is 0 Å². The summed E-state index contributed by atoms with van der Waals surface area (Å²) in [6, 6.07) is 8.77. The molecule has 1 aliphatic carbocycles. The van der Waals surface area contributed by atoms with Gasteiger partial charge in [-0.3, -0.25) is 4.57 Å². The van der Waals surface area contributed by atoms with Gasteiger partial charge in [0.2, 0.25) is 5.89 Å². The molecular weight excluding hydrogens is 372 g/mol. The lowest BCUT2D eigenvalue weighted by atomic mass is 10.1. The van der Waals surface area contributed by atoms with Gasteiger partial charge in [-0.1, -0.05) is 49.0 Å². The summed E-state index contributed by atoms with van der Waals surface area (Å²) in [5.74, 6) is 3.46. The highest BCUT2D eigenvalue weighted by atomic mass is 32.2. The number of fused-ring (bicyclic) bond motifs is 1. The molecule has 1 aromatic carbocycles. The molecule has 144 valence electrons. The maximum absolute atomic E-state index is 5.34. The first-order valence-electron chi connectivity index (χ1n) is 9.64. The van der Waals surface area contributed by atoms with E-state index >= 15 is 0 Å². The van der Waals surface area contributed by atoms with E-state index in [0.717, 1.165) is 28.5 Å². The first-order chi connectivity index (χ1) is 13.7. The van der Waals surface area contributed by atoms with Crippen LogP contribution in [0.15, 0.2) is 40.1 Å². The predicted molar refractivity (Wildman–Crippen MR) is 108 cm³/mol. The lowest BCUT2D eigenvalue weighted by Crippen LogP contribution is -2.00. The Balaban J connectivity index is 1.41. The summed E-state index contributed by atoms with van der Waals surface area (Å²) in [6.07, 6.45) is 5.17. The standard InChI is InChI=1S/C20H22N6OS/c1-12(2)9-18-22-17(25-27-18)11-28-20-24-23-19(26(20)13-7-8-13)15-10-21-16-6-4-3-5-14(15)16/h3-6,10,12-13,21H,7-9,11H2,1-2H3. The Kier molecular flexibility index (Phi) is 4.43. The number of H-pyrrole nitrogens is 1. The third kappa shape index (κ3) is 3.32. The molecule has 5 rings (SSSR count). The summed E-state index contributed by atoms with van der Waals surface area (Å²) in [4.78, 5) is 7.83.